The number of anilines is 2. The second kappa shape index (κ2) is 4.17. The zero-order valence-corrected chi connectivity index (χ0v) is 8.81. The van der Waals surface area contributed by atoms with Crippen molar-refractivity contribution in [2.24, 2.45) is 0 Å². The third-order valence-corrected chi connectivity index (χ3v) is 1.96. The maximum absolute atomic E-state index is 3.40. The Balaban J connectivity index is 2.85. The van der Waals surface area contributed by atoms with Crippen molar-refractivity contribution in [2.45, 2.75) is 26.8 Å². The highest BCUT2D eigenvalue weighted by molar-refractivity contribution is 5.59. The maximum atomic E-state index is 3.40. The van der Waals surface area contributed by atoms with Crippen LogP contribution in [0.2, 0.25) is 0 Å². The summed E-state index contributed by atoms with van der Waals surface area (Å²) in [5.41, 5.74) is 3.65. The highest BCUT2D eigenvalue weighted by atomic mass is 14.9. The van der Waals surface area contributed by atoms with Crippen molar-refractivity contribution in [1.82, 2.24) is 0 Å². The summed E-state index contributed by atoms with van der Waals surface area (Å²) in [6.45, 7) is 6.41. The third kappa shape index (κ3) is 2.65. The lowest BCUT2D eigenvalue weighted by atomic mass is 10.1. The Morgan fingerprint density at radius 3 is 2.38 bits per heavy atom. The van der Waals surface area contributed by atoms with Crippen LogP contribution in [0.1, 0.15) is 19.4 Å². The topological polar surface area (TPSA) is 24.1 Å². The van der Waals surface area contributed by atoms with Crippen LogP contribution in [-0.2, 0) is 0 Å². The molecular formula is C11H18N2. The molecule has 13 heavy (non-hydrogen) atoms. The first-order chi connectivity index (χ1) is 6.13. The molecule has 0 heterocycles. The number of aryl methyl sites for hydroxylation is 1. The second-order valence-corrected chi connectivity index (χ2v) is 3.58. The van der Waals surface area contributed by atoms with Gasteiger partial charge >= 0.3 is 0 Å². The molecule has 0 aliphatic heterocycles. The van der Waals surface area contributed by atoms with Crippen molar-refractivity contribution >= 4 is 11.4 Å². The Hall–Kier alpha value is -1.18. The number of rotatable bonds is 3. The van der Waals surface area contributed by atoms with Gasteiger partial charge in [-0.25, -0.2) is 0 Å². The van der Waals surface area contributed by atoms with Crippen LogP contribution in [0.5, 0.6) is 0 Å². The van der Waals surface area contributed by atoms with Gasteiger partial charge in [0.2, 0.25) is 0 Å². The Bertz CT molecular complexity index is 279. The maximum Gasteiger partial charge on any atom is 0.0373 e. The lowest BCUT2D eigenvalue weighted by molar-refractivity contribution is 0.897. The summed E-state index contributed by atoms with van der Waals surface area (Å²) in [6.07, 6.45) is 0. The summed E-state index contributed by atoms with van der Waals surface area (Å²) in [5.74, 6) is 0. The highest BCUT2D eigenvalue weighted by Crippen LogP contribution is 2.19. The molecule has 0 atom stereocenters. The van der Waals surface area contributed by atoms with Crippen molar-refractivity contribution in [3.63, 3.8) is 0 Å². The minimum absolute atomic E-state index is 0.485. The van der Waals surface area contributed by atoms with Crippen molar-refractivity contribution in [2.75, 3.05) is 17.7 Å². The molecule has 0 saturated carbocycles. The van der Waals surface area contributed by atoms with E-state index in [1.807, 2.05) is 7.05 Å². The number of benzene rings is 1. The van der Waals surface area contributed by atoms with Crippen LogP contribution in [0.15, 0.2) is 18.2 Å². The molecule has 0 radical (unpaired) electrons. The average molecular weight is 178 g/mol. The zero-order valence-electron chi connectivity index (χ0n) is 8.81. The molecule has 0 aromatic heterocycles. The van der Waals surface area contributed by atoms with E-state index in [4.69, 9.17) is 0 Å². The first-order valence-electron chi connectivity index (χ1n) is 4.68. The summed E-state index contributed by atoms with van der Waals surface area (Å²) < 4.78 is 0. The minimum Gasteiger partial charge on any atom is -0.388 e. The molecule has 2 heteroatoms. The molecule has 2 nitrogen and oxygen atoms in total. The quantitative estimate of drug-likeness (QED) is 0.743. The summed E-state index contributed by atoms with van der Waals surface area (Å²) in [7, 11) is 1.93. The molecule has 0 saturated heterocycles. The highest BCUT2D eigenvalue weighted by Gasteiger charge is 1.99. The molecule has 0 fully saturated rings. The molecule has 1 rings (SSSR count). The van der Waals surface area contributed by atoms with Crippen LogP contribution >= 0.6 is 0 Å². The Labute approximate surface area is 80.4 Å². The molecule has 0 aliphatic rings. The van der Waals surface area contributed by atoms with E-state index in [1.54, 1.807) is 0 Å². The molecule has 1 aromatic rings. The van der Waals surface area contributed by atoms with Crippen molar-refractivity contribution < 1.29 is 0 Å². The third-order valence-electron chi connectivity index (χ3n) is 1.96. The molecular weight excluding hydrogens is 160 g/mol. The summed E-state index contributed by atoms with van der Waals surface area (Å²) in [5, 5.41) is 6.52. The zero-order chi connectivity index (χ0) is 9.84. The first kappa shape index (κ1) is 9.90. The summed E-state index contributed by atoms with van der Waals surface area (Å²) in [4.78, 5) is 0. The van der Waals surface area contributed by atoms with Gasteiger partial charge in [0.05, 0.1) is 0 Å². The fraction of sp³-hybridized carbons (Fsp3) is 0.455. The molecule has 0 aliphatic carbocycles. The lowest BCUT2D eigenvalue weighted by Gasteiger charge is -2.13. The molecule has 0 spiro atoms. The van der Waals surface area contributed by atoms with Crippen LogP contribution in [0, 0.1) is 6.92 Å². The van der Waals surface area contributed by atoms with Crippen LogP contribution < -0.4 is 10.6 Å². The predicted molar refractivity (Wildman–Crippen MR) is 59.5 cm³/mol. The molecule has 0 amide bonds. The molecule has 0 unspecified atom stereocenters. The van der Waals surface area contributed by atoms with Gasteiger partial charge in [0.1, 0.15) is 0 Å². The van der Waals surface area contributed by atoms with E-state index in [0.29, 0.717) is 6.04 Å². The molecule has 0 bridgehead atoms. The van der Waals surface area contributed by atoms with Crippen LogP contribution in [-0.4, -0.2) is 13.1 Å². The van der Waals surface area contributed by atoms with Gasteiger partial charge in [-0.05, 0) is 44.5 Å². The molecule has 72 valence electrons. The van der Waals surface area contributed by atoms with Crippen molar-refractivity contribution in [3.8, 4) is 0 Å². The molecule has 1 aromatic carbocycles. The number of nitrogens with one attached hydrogen (secondary N) is 2. The van der Waals surface area contributed by atoms with Gasteiger partial charge in [-0.2, -0.15) is 0 Å². The Kier molecular flexibility index (Phi) is 3.18. The number of hydrogen-bond donors (Lipinski definition) is 2. The van der Waals surface area contributed by atoms with E-state index in [1.165, 1.54) is 11.3 Å². The van der Waals surface area contributed by atoms with Gasteiger partial charge in [-0.1, -0.05) is 0 Å². The Morgan fingerprint density at radius 1 is 1.23 bits per heavy atom. The van der Waals surface area contributed by atoms with Gasteiger partial charge in [0.15, 0.2) is 0 Å². The summed E-state index contributed by atoms with van der Waals surface area (Å²) in [6, 6.07) is 6.82. The SMILES string of the molecule is CNc1ccc(NC(C)C)c(C)c1. The Morgan fingerprint density at radius 2 is 1.92 bits per heavy atom. The second-order valence-electron chi connectivity index (χ2n) is 3.58. The predicted octanol–water partition coefficient (Wildman–Crippen LogP) is 2.86. The van der Waals surface area contributed by atoms with E-state index >= 15 is 0 Å². The monoisotopic (exact) mass is 178 g/mol. The first-order valence-corrected chi connectivity index (χ1v) is 4.68. The fourth-order valence-electron chi connectivity index (χ4n) is 1.29. The largest absolute Gasteiger partial charge is 0.388 e. The minimum atomic E-state index is 0.485. The average Bonchev–Trinajstić information content (AvgIpc) is 2.08. The number of hydrogen-bond acceptors (Lipinski definition) is 2. The van der Waals surface area contributed by atoms with Gasteiger partial charge < -0.3 is 10.6 Å². The smallest absolute Gasteiger partial charge is 0.0373 e. The van der Waals surface area contributed by atoms with E-state index in [2.05, 4.69) is 49.6 Å². The lowest BCUT2D eigenvalue weighted by Crippen LogP contribution is -2.10. The van der Waals surface area contributed by atoms with Gasteiger partial charge in [-0.3, -0.25) is 0 Å². The van der Waals surface area contributed by atoms with Gasteiger partial charge in [0.25, 0.3) is 0 Å². The van der Waals surface area contributed by atoms with Crippen LogP contribution in [0.25, 0.3) is 0 Å². The van der Waals surface area contributed by atoms with Gasteiger partial charge in [-0.15, -0.1) is 0 Å². The standard InChI is InChI=1S/C11H18N2/c1-8(2)13-11-6-5-10(12-4)7-9(11)3/h5-8,12-13H,1-4H3. The van der Waals surface area contributed by atoms with E-state index in [0.717, 1.165) is 5.69 Å². The van der Waals surface area contributed by atoms with Crippen molar-refractivity contribution in [1.29, 1.82) is 0 Å². The van der Waals surface area contributed by atoms with E-state index < -0.39 is 0 Å². The van der Waals surface area contributed by atoms with E-state index in [9.17, 15) is 0 Å². The molecule has 2 N–H and O–H groups in total. The normalized spacial score (nSPS) is 10.2. The van der Waals surface area contributed by atoms with Crippen LogP contribution in [0.4, 0.5) is 11.4 Å². The summed E-state index contributed by atoms with van der Waals surface area (Å²) >= 11 is 0. The van der Waals surface area contributed by atoms with Crippen molar-refractivity contribution in [3.05, 3.63) is 23.8 Å². The van der Waals surface area contributed by atoms with Gasteiger partial charge in [0, 0.05) is 24.5 Å². The van der Waals surface area contributed by atoms with Crippen LogP contribution in [0.3, 0.4) is 0 Å². The van der Waals surface area contributed by atoms with E-state index in [-0.39, 0.29) is 0 Å². The fourth-order valence-corrected chi connectivity index (χ4v) is 1.29.